The Bertz CT molecular complexity index is 446. The molecule has 0 saturated carbocycles. The topological polar surface area (TPSA) is 69.6 Å². The molecule has 0 radical (unpaired) electrons. The highest BCUT2D eigenvalue weighted by atomic mass is 15.5. The van der Waals surface area contributed by atoms with Gasteiger partial charge >= 0.3 is 0 Å². The fraction of sp³-hybridized carbons (Fsp3) is 0.364. The van der Waals surface area contributed by atoms with Crippen molar-refractivity contribution >= 4 is 0 Å². The van der Waals surface area contributed by atoms with Crippen LogP contribution in [0.15, 0.2) is 24.3 Å². The molecule has 0 aliphatic heterocycles. The van der Waals surface area contributed by atoms with E-state index in [0.717, 1.165) is 5.82 Å². The Balaban J connectivity index is 2.13. The predicted molar refractivity (Wildman–Crippen MR) is 60.9 cm³/mol. The molecular weight excluding hydrogens is 202 g/mol. The van der Waals surface area contributed by atoms with E-state index in [-0.39, 0.29) is 0 Å². The molecule has 16 heavy (non-hydrogen) atoms. The maximum atomic E-state index is 5.49. The van der Waals surface area contributed by atoms with Gasteiger partial charge in [0.1, 0.15) is 0 Å². The fourth-order valence-electron chi connectivity index (χ4n) is 1.52. The molecule has 84 valence electrons. The van der Waals surface area contributed by atoms with Gasteiger partial charge in [0.15, 0.2) is 5.82 Å². The van der Waals surface area contributed by atoms with Gasteiger partial charge in [-0.15, -0.1) is 5.10 Å². The quantitative estimate of drug-likeness (QED) is 0.811. The lowest BCUT2D eigenvalue weighted by Gasteiger charge is -2.04. The summed E-state index contributed by atoms with van der Waals surface area (Å²) in [5, 5.41) is 11.6. The number of nitrogens with zero attached hydrogens (tertiary/aromatic N) is 4. The normalized spacial score (nSPS) is 10.6. The van der Waals surface area contributed by atoms with E-state index in [2.05, 4.69) is 46.7 Å². The Hall–Kier alpha value is -1.75. The molecule has 2 N–H and O–H groups in total. The van der Waals surface area contributed by atoms with Gasteiger partial charge in [0.05, 0.1) is 6.54 Å². The summed E-state index contributed by atoms with van der Waals surface area (Å²) in [5.74, 6) is 0.836. The molecule has 0 saturated heterocycles. The predicted octanol–water partition coefficient (Wildman–Crippen LogP) is 0.531. The van der Waals surface area contributed by atoms with Crippen LogP contribution in [-0.4, -0.2) is 26.8 Å². The highest BCUT2D eigenvalue weighted by molar-refractivity contribution is 5.21. The number of aryl methyl sites for hydroxylation is 1. The highest BCUT2D eigenvalue weighted by Crippen LogP contribution is 2.05. The molecule has 0 spiro atoms. The summed E-state index contributed by atoms with van der Waals surface area (Å²) in [6, 6.07) is 8.34. The Morgan fingerprint density at radius 1 is 1.25 bits per heavy atom. The van der Waals surface area contributed by atoms with Gasteiger partial charge in [0.2, 0.25) is 0 Å². The second-order valence-electron chi connectivity index (χ2n) is 3.78. The Labute approximate surface area is 94.3 Å². The van der Waals surface area contributed by atoms with Crippen LogP contribution in [0.5, 0.6) is 0 Å². The molecule has 0 atom stereocenters. The van der Waals surface area contributed by atoms with Gasteiger partial charge in [-0.2, -0.15) is 0 Å². The van der Waals surface area contributed by atoms with Crippen molar-refractivity contribution in [1.82, 2.24) is 20.2 Å². The number of tetrazole rings is 1. The second-order valence-corrected chi connectivity index (χ2v) is 3.78. The van der Waals surface area contributed by atoms with E-state index in [1.807, 2.05) is 0 Å². The number of benzene rings is 1. The van der Waals surface area contributed by atoms with Crippen molar-refractivity contribution in [3.63, 3.8) is 0 Å². The van der Waals surface area contributed by atoms with Crippen LogP contribution in [0.25, 0.3) is 0 Å². The smallest absolute Gasteiger partial charge is 0.152 e. The van der Waals surface area contributed by atoms with E-state index in [9.17, 15) is 0 Å². The summed E-state index contributed by atoms with van der Waals surface area (Å²) in [7, 11) is 0. The van der Waals surface area contributed by atoms with Crippen molar-refractivity contribution in [2.75, 3.05) is 6.54 Å². The summed E-state index contributed by atoms with van der Waals surface area (Å²) in [6.07, 6.45) is 0.707. The Kier molecular flexibility index (Phi) is 3.26. The largest absolute Gasteiger partial charge is 0.330 e. The first kappa shape index (κ1) is 10.8. The lowest BCUT2D eigenvalue weighted by molar-refractivity contribution is 0.617. The number of rotatable bonds is 4. The second kappa shape index (κ2) is 4.85. The first-order valence-corrected chi connectivity index (χ1v) is 5.30. The standard InChI is InChI=1S/C11H15N5/c1-9-2-4-10(5-3-9)8-16-11(6-7-12)13-14-15-16/h2-5H,6-8,12H2,1H3. The van der Waals surface area contributed by atoms with E-state index in [4.69, 9.17) is 5.73 Å². The minimum absolute atomic E-state index is 0.564. The Morgan fingerprint density at radius 3 is 2.69 bits per heavy atom. The van der Waals surface area contributed by atoms with Crippen molar-refractivity contribution in [3.05, 3.63) is 41.2 Å². The minimum atomic E-state index is 0.564. The molecule has 0 aliphatic rings. The van der Waals surface area contributed by atoms with Crippen LogP contribution in [0.4, 0.5) is 0 Å². The van der Waals surface area contributed by atoms with Gasteiger partial charge in [-0.3, -0.25) is 0 Å². The number of hydrogen-bond donors (Lipinski definition) is 1. The van der Waals surface area contributed by atoms with Crippen LogP contribution in [-0.2, 0) is 13.0 Å². The molecule has 1 aromatic carbocycles. The van der Waals surface area contributed by atoms with Crippen molar-refractivity contribution in [1.29, 1.82) is 0 Å². The van der Waals surface area contributed by atoms with E-state index >= 15 is 0 Å². The third-order valence-electron chi connectivity index (χ3n) is 2.43. The minimum Gasteiger partial charge on any atom is -0.330 e. The van der Waals surface area contributed by atoms with Crippen LogP contribution in [0.2, 0.25) is 0 Å². The zero-order valence-corrected chi connectivity index (χ0v) is 9.30. The number of aromatic nitrogens is 4. The molecule has 5 nitrogen and oxygen atoms in total. The van der Waals surface area contributed by atoms with Crippen molar-refractivity contribution in [3.8, 4) is 0 Å². The van der Waals surface area contributed by atoms with Crippen molar-refractivity contribution in [2.24, 2.45) is 5.73 Å². The lowest BCUT2D eigenvalue weighted by atomic mass is 10.1. The van der Waals surface area contributed by atoms with Crippen LogP contribution in [0.3, 0.4) is 0 Å². The molecule has 0 unspecified atom stereocenters. The van der Waals surface area contributed by atoms with Crippen LogP contribution >= 0.6 is 0 Å². The molecular formula is C11H15N5. The number of hydrogen-bond acceptors (Lipinski definition) is 4. The molecule has 5 heteroatoms. The van der Waals surface area contributed by atoms with E-state index in [0.29, 0.717) is 19.5 Å². The molecule has 0 fully saturated rings. The van der Waals surface area contributed by atoms with Gasteiger partial charge in [-0.1, -0.05) is 29.8 Å². The zero-order valence-electron chi connectivity index (χ0n) is 9.30. The number of nitrogens with two attached hydrogens (primary N) is 1. The first-order valence-electron chi connectivity index (χ1n) is 5.30. The molecule has 1 aromatic heterocycles. The van der Waals surface area contributed by atoms with E-state index < -0.39 is 0 Å². The molecule has 0 bridgehead atoms. The summed E-state index contributed by atoms with van der Waals surface area (Å²) >= 11 is 0. The monoisotopic (exact) mass is 217 g/mol. The first-order chi connectivity index (χ1) is 7.79. The van der Waals surface area contributed by atoms with Gasteiger partial charge in [0, 0.05) is 6.42 Å². The van der Waals surface area contributed by atoms with E-state index in [1.165, 1.54) is 11.1 Å². The average Bonchev–Trinajstić information content (AvgIpc) is 2.70. The maximum absolute atomic E-state index is 5.49. The molecule has 2 rings (SSSR count). The van der Waals surface area contributed by atoms with Crippen LogP contribution in [0, 0.1) is 6.92 Å². The summed E-state index contributed by atoms with van der Waals surface area (Å²) in [6.45, 7) is 3.33. The SMILES string of the molecule is Cc1ccc(Cn2nnnc2CCN)cc1. The third kappa shape index (κ3) is 2.43. The van der Waals surface area contributed by atoms with Crippen molar-refractivity contribution in [2.45, 2.75) is 19.9 Å². The third-order valence-corrected chi connectivity index (χ3v) is 2.43. The average molecular weight is 217 g/mol. The summed E-state index contributed by atoms with van der Waals surface area (Å²) in [5.41, 5.74) is 7.94. The summed E-state index contributed by atoms with van der Waals surface area (Å²) in [4.78, 5) is 0. The van der Waals surface area contributed by atoms with Gasteiger partial charge in [-0.25, -0.2) is 4.68 Å². The van der Waals surface area contributed by atoms with Gasteiger partial charge < -0.3 is 5.73 Å². The fourth-order valence-corrected chi connectivity index (χ4v) is 1.52. The zero-order chi connectivity index (χ0) is 11.4. The van der Waals surface area contributed by atoms with Crippen molar-refractivity contribution < 1.29 is 0 Å². The van der Waals surface area contributed by atoms with Crippen LogP contribution in [0.1, 0.15) is 17.0 Å². The molecule has 2 aromatic rings. The van der Waals surface area contributed by atoms with E-state index in [1.54, 1.807) is 4.68 Å². The van der Waals surface area contributed by atoms with Crippen LogP contribution < -0.4 is 5.73 Å². The summed E-state index contributed by atoms with van der Waals surface area (Å²) < 4.78 is 1.79. The lowest BCUT2D eigenvalue weighted by Crippen LogP contribution is -2.11. The molecule has 1 heterocycles. The van der Waals surface area contributed by atoms with Gasteiger partial charge in [-0.05, 0) is 29.5 Å². The highest BCUT2D eigenvalue weighted by Gasteiger charge is 2.05. The molecule has 0 amide bonds. The Morgan fingerprint density at radius 2 is 2.00 bits per heavy atom. The molecule has 0 aliphatic carbocycles. The maximum Gasteiger partial charge on any atom is 0.152 e. The van der Waals surface area contributed by atoms with Gasteiger partial charge in [0.25, 0.3) is 0 Å².